The predicted octanol–water partition coefficient (Wildman–Crippen LogP) is 4.23. The maximum atomic E-state index is 13.7. The highest BCUT2D eigenvalue weighted by Crippen LogP contribution is 2.51. The molecule has 2 aliphatic carbocycles. The van der Waals surface area contributed by atoms with E-state index >= 15 is 0 Å². The molecule has 0 amide bonds. The summed E-state index contributed by atoms with van der Waals surface area (Å²) in [4.78, 5) is 0. The van der Waals surface area contributed by atoms with Crippen molar-refractivity contribution in [3.05, 3.63) is 35.6 Å². The normalized spacial score (nSPS) is 24.7. The lowest BCUT2D eigenvalue weighted by Crippen LogP contribution is -2.40. The zero-order valence-electron chi connectivity index (χ0n) is 11.5. The highest BCUT2D eigenvalue weighted by Gasteiger charge is 2.43. The molecule has 1 aromatic rings. The first-order valence-electron chi connectivity index (χ1n) is 7.57. The lowest BCUT2D eigenvalue weighted by Gasteiger charge is -2.42. The van der Waals surface area contributed by atoms with Crippen molar-refractivity contribution in [1.29, 1.82) is 0 Å². The van der Waals surface area contributed by atoms with Gasteiger partial charge in [-0.15, -0.1) is 0 Å². The molecule has 104 valence electrons. The zero-order chi connectivity index (χ0) is 13.3. The molecule has 0 aromatic heterocycles. The van der Waals surface area contributed by atoms with Crippen LogP contribution in [0.5, 0.6) is 0 Å². The summed E-state index contributed by atoms with van der Waals surface area (Å²) in [6.07, 6.45) is 9.76. The average Bonchev–Trinajstić information content (AvgIpc) is 2.86. The van der Waals surface area contributed by atoms with Gasteiger partial charge in [0.05, 0.1) is 5.60 Å². The third kappa shape index (κ3) is 2.69. The topological polar surface area (TPSA) is 20.2 Å². The van der Waals surface area contributed by atoms with Crippen molar-refractivity contribution in [2.45, 2.75) is 63.4 Å². The van der Waals surface area contributed by atoms with Crippen molar-refractivity contribution in [3.63, 3.8) is 0 Å². The van der Waals surface area contributed by atoms with Crippen LogP contribution >= 0.6 is 0 Å². The first-order valence-corrected chi connectivity index (χ1v) is 7.57. The molecule has 0 saturated heterocycles. The minimum absolute atomic E-state index is 0.183. The minimum Gasteiger partial charge on any atom is -0.390 e. The zero-order valence-corrected chi connectivity index (χ0v) is 11.5. The van der Waals surface area contributed by atoms with Crippen LogP contribution in [0, 0.1) is 11.2 Å². The van der Waals surface area contributed by atoms with Crippen LogP contribution in [0.4, 0.5) is 4.39 Å². The lowest BCUT2D eigenvalue weighted by atomic mass is 9.66. The molecule has 2 aliphatic rings. The molecule has 0 unspecified atom stereocenters. The fourth-order valence-corrected chi connectivity index (χ4v) is 4.04. The van der Waals surface area contributed by atoms with Gasteiger partial charge in [0.25, 0.3) is 0 Å². The SMILES string of the molecule is OC1(Cc2ccccc2F)CCC2(CCCC2)CC1. The molecule has 1 N–H and O–H groups in total. The Balaban J connectivity index is 1.67. The van der Waals surface area contributed by atoms with Crippen molar-refractivity contribution in [3.8, 4) is 0 Å². The number of aliphatic hydroxyl groups is 1. The van der Waals surface area contributed by atoms with E-state index in [1.54, 1.807) is 12.1 Å². The Kier molecular flexibility index (Phi) is 3.38. The fourth-order valence-electron chi connectivity index (χ4n) is 4.04. The van der Waals surface area contributed by atoms with Crippen LogP contribution in [-0.4, -0.2) is 10.7 Å². The van der Waals surface area contributed by atoms with Gasteiger partial charge in [-0.25, -0.2) is 4.39 Å². The molecule has 0 atom stereocenters. The van der Waals surface area contributed by atoms with Crippen LogP contribution in [0.3, 0.4) is 0 Å². The monoisotopic (exact) mass is 262 g/mol. The molecule has 0 heterocycles. The number of rotatable bonds is 2. The summed E-state index contributed by atoms with van der Waals surface area (Å²) >= 11 is 0. The van der Waals surface area contributed by atoms with E-state index < -0.39 is 5.60 Å². The fraction of sp³-hybridized carbons (Fsp3) is 0.647. The molecule has 0 aliphatic heterocycles. The molecule has 2 fully saturated rings. The first kappa shape index (κ1) is 13.1. The van der Waals surface area contributed by atoms with Gasteiger partial charge < -0.3 is 5.11 Å². The Labute approximate surface area is 114 Å². The molecule has 2 saturated carbocycles. The summed E-state index contributed by atoms with van der Waals surface area (Å²) in [7, 11) is 0. The molecule has 19 heavy (non-hydrogen) atoms. The van der Waals surface area contributed by atoms with E-state index in [-0.39, 0.29) is 5.82 Å². The van der Waals surface area contributed by atoms with Gasteiger partial charge in [-0.05, 0) is 55.6 Å². The smallest absolute Gasteiger partial charge is 0.126 e. The summed E-state index contributed by atoms with van der Waals surface area (Å²) in [5.74, 6) is -0.183. The van der Waals surface area contributed by atoms with Crippen LogP contribution in [0.1, 0.15) is 56.9 Å². The van der Waals surface area contributed by atoms with E-state index in [4.69, 9.17) is 0 Å². The summed E-state index contributed by atoms with van der Waals surface area (Å²) in [6.45, 7) is 0. The van der Waals surface area contributed by atoms with Gasteiger partial charge in [0, 0.05) is 6.42 Å². The summed E-state index contributed by atoms with van der Waals surface area (Å²) in [6, 6.07) is 6.84. The molecule has 2 heteroatoms. The van der Waals surface area contributed by atoms with Crippen molar-refractivity contribution >= 4 is 0 Å². The molecular formula is C17H23FO. The second-order valence-corrected chi connectivity index (χ2v) is 6.70. The maximum absolute atomic E-state index is 13.7. The molecule has 3 rings (SSSR count). The molecule has 1 spiro atoms. The standard InChI is InChI=1S/C17H23FO/c18-15-6-2-1-5-14(15)13-17(19)11-9-16(10-12-17)7-3-4-8-16/h1-2,5-6,19H,3-4,7-13H2. The Morgan fingerprint density at radius 3 is 2.21 bits per heavy atom. The van der Waals surface area contributed by atoms with Crippen LogP contribution < -0.4 is 0 Å². The maximum Gasteiger partial charge on any atom is 0.126 e. The highest BCUT2D eigenvalue weighted by molar-refractivity contribution is 5.20. The second-order valence-electron chi connectivity index (χ2n) is 6.70. The van der Waals surface area contributed by atoms with Gasteiger partial charge in [-0.1, -0.05) is 31.0 Å². The van der Waals surface area contributed by atoms with Crippen LogP contribution in [0.15, 0.2) is 24.3 Å². The second kappa shape index (κ2) is 4.90. The van der Waals surface area contributed by atoms with Gasteiger partial charge in [0.15, 0.2) is 0 Å². The minimum atomic E-state index is -0.684. The highest BCUT2D eigenvalue weighted by atomic mass is 19.1. The van der Waals surface area contributed by atoms with Crippen molar-refractivity contribution in [1.82, 2.24) is 0 Å². The third-order valence-electron chi connectivity index (χ3n) is 5.38. The van der Waals surface area contributed by atoms with Gasteiger partial charge in [-0.2, -0.15) is 0 Å². The number of hydrogen-bond acceptors (Lipinski definition) is 1. The number of hydrogen-bond donors (Lipinski definition) is 1. The third-order valence-corrected chi connectivity index (χ3v) is 5.38. The Morgan fingerprint density at radius 1 is 0.947 bits per heavy atom. The van der Waals surface area contributed by atoms with Gasteiger partial charge >= 0.3 is 0 Å². The summed E-state index contributed by atoms with van der Waals surface area (Å²) in [5.41, 5.74) is 0.490. The lowest BCUT2D eigenvalue weighted by molar-refractivity contribution is -0.0327. The average molecular weight is 262 g/mol. The molecular weight excluding hydrogens is 239 g/mol. The van der Waals surface area contributed by atoms with Crippen LogP contribution in [-0.2, 0) is 6.42 Å². The number of benzene rings is 1. The van der Waals surface area contributed by atoms with Gasteiger partial charge in [0.1, 0.15) is 5.82 Å². The van der Waals surface area contributed by atoms with E-state index in [0.717, 1.165) is 25.7 Å². The van der Waals surface area contributed by atoms with E-state index in [0.29, 0.717) is 17.4 Å². The summed E-state index contributed by atoms with van der Waals surface area (Å²) < 4.78 is 13.7. The Morgan fingerprint density at radius 2 is 1.58 bits per heavy atom. The van der Waals surface area contributed by atoms with E-state index in [1.165, 1.54) is 31.7 Å². The number of halogens is 1. The van der Waals surface area contributed by atoms with E-state index in [1.807, 2.05) is 6.07 Å². The van der Waals surface area contributed by atoms with E-state index in [2.05, 4.69) is 0 Å². The van der Waals surface area contributed by atoms with Gasteiger partial charge in [0.2, 0.25) is 0 Å². The Bertz CT molecular complexity index is 438. The quantitative estimate of drug-likeness (QED) is 0.845. The van der Waals surface area contributed by atoms with Crippen molar-refractivity contribution < 1.29 is 9.50 Å². The van der Waals surface area contributed by atoms with Gasteiger partial charge in [-0.3, -0.25) is 0 Å². The molecule has 0 radical (unpaired) electrons. The molecule has 1 aromatic carbocycles. The Hall–Kier alpha value is -0.890. The van der Waals surface area contributed by atoms with Crippen LogP contribution in [0.2, 0.25) is 0 Å². The molecule has 1 nitrogen and oxygen atoms in total. The largest absolute Gasteiger partial charge is 0.390 e. The van der Waals surface area contributed by atoms with Crippen LogP contribution in [0.25, 0.3) is 0 Å². The summed E-state index contributed by atoms with van der Waals surface area (Å²) in [5, 5.41) is 10.7. The predicted molar refractivity (Wildman–Crippen MR) is 74.4 cm³/mol. The first-order chi connectivity index (χ1) is 9.11. The van der Waals surface area contributed by atoms with E-state index in [9.17, 15) is 9.50 Å². The molecule has 0 bridgehead atoms. The van der Waals surface area contributed by atoms with Crippen molar-refractivity contribution in [2.75, 3.05) is 0 Å². The van der Waals surface area contributed by atoms with Crippen molar-refractivity contribution in [2.24, 2.45) is 5.41 Å².